The summed E-state index contributed by atoms with van der Waals surface area (Å²) in [6, 6.07) is 28.8. The SMILES string of the molecule is COc1cc(NC(=O)NCCc2ccc(OCc3ccccc3)c(OCc3ccccc3)c2)cc(OC)c1OC. The Kier molecular flexibility index (Phi) is 10.1. The van der Waals surface area contributed by atoms with Crippen molar-refractivity contribution in [2.45, 2.75) is 19.6 Å². The van der Waals surface area contributed by atoms with Gasteiger partial charge in [-0.15, -0.1) is 0 Å². The molecule has 208 valence electrons. The van der Waals surface area contributed by atoms with E-state index in [1.807, 2.05) is 78.9 Å². The van der Waals surface area contributed by atoms with Crippen molar-refractivity contribution < 1.29 is 28.5 Å². The van der Waals surface area contributed by atoms with Crippen LogP contribution in [0.1, 0.15) is 16.7 Å². The zero-order valence-electron chi connectivity index (χ0n) is 22.9. The largest absolute Gasteiger partial charge is 0.493 e. The first-order valence-corrected chi connectivity index (χ1v) is 12.9. The molecule has 0 unspecified atom stereocenters. The summed E-state index contributed by atoms with van der Waals surface area (Å²) in [5.74, 6) is 2.68. The lowest BCUT2D eigenvalue weighted by molar-refractivity contribution is 0.252. The number of anilines is 1. The molecule has 0 radical (unpaired) electrons. The molecule has 4 aromatic rings. The number of rotatable bonds is 13. The number of hydrogen-bond acceptors (Lipinski definition) is 6. The fourth-order valence-corrected chi connectivity index (χ4v) is 4.06. The van der Waals surface area contributed by atoms with Crippen molar-refractivity contribution in [1.29, 1.82) is 0 Å². The van der Waals surface area contributed by atoms with Crippen LogP contribution in [0.3, 0.4) is 0 Å². The number of urea groups is 1. The predicted molar refractivity (Wildman–Crippen MR) is 155 cm³/mol. The van der Waals surface area contributed by atoms with Crippen LogP contribution < -0.4 is 34.3 Å². The highest BCUT2D eigenvalue weighted by Crippen LogP contribution is 2.40. The maximum atomic E-state index is 12.6. The van der Waals surface area contributed by atoms with E-state index in [9.17, 15) is 4.79 Å². The fourth-order valence-electron chi connectivity index (χ4n) is 4.06. The smallest absolute Gasteiger partial charge is 0.319 e. The molecule has 0 atom stereocenters. The second kappa shape index (κ2) is 14.3. The Morgan fingerprint density at radius 1 is 0.625 bits per heavy atom. The third-order valence-corrected chi connectivity index (χ3v) is 6.10. The van der Waals surface area contributed by atoms with Crippen molar-refractivity contribution in [1.82, 2.24) is 5.32 Å². The quantitative estimate of drug-likeness (QED) is 0.208. The standard InChI is InChI=1S/C32H34N2O6/c1-36-29-19-26(20-30(37-2)31(29)38-3)34-32(35)33-17-16-23-14-15-27(39-21-24-10-6-4-7-11-24)28(18-23)40-22-25-12-8-5-9-13-25/h4-15,18-20H,16-17,21-22H2,1-3H3,(H2,33,34,35). The van der Waals surface area contributed by atoms with Crippen LogP contribution in [0.5, 0.6) is 28.7 Å². The molecule has 0 saturated carbocycles. The zero-order valence-corrected chi connectivity index (χ0v) is 22.9. The average Bonchev–Trinajstić information content (AvgIpc) is 3.00. The molecule has 0 spiro atoms. The number of nitrogens with one attached hydrogen (secondary N) is 2. The number of carbonyl (C=O) groups excluding carboxylic acids is 1. The minimum Gasteiger partial charge on any atom is -0.493 e. The zero-order chi connectivity index (χ0) is 28.2. The van der Waals surface area contributed by atoms with Gasteiger partial charge >= 0.3 is 6.03 Å². The normalized spacial score (nSPS) is 10.4. The summed E-state index contributed by atoms with van der Waals surface area (Å²) in [5, 5.41) is 5.70. The van der Waals surface area contributed by atoms with E-state index >= 15 is 0 Å². The number of amides is 2. The topological polar surface area (TPSA) is 87.3 Å². The van der Waals surface area contributed by atoms with E-state index in [4.69, 9.17) is 23.7 Å². The third-order valence-electron chi connectivity index (χ3n) is 6.10. The summed E-state index contributed by atoms with van der Waals surface area (Å²) in [4.78, 5) is 12.6. The lowest BCUT2D eigenvalue weighted by atomic mass is 10.1. The highest BCUT2D eigenvalue weighted by Gasteiger charge is 2.15. The number of hydrogen-bond donors (Lipinski definition) is 2. The van der Waals surface area contributed by atoms with Crippen LogP contribution in [0, 0.1) is 0 Å². The maximum absolute atomic E-state index is 12.6. The molecule has 0 saturated heterocycles. The molecule has 0 aliphatic heterocycles. The molecule has 2 N–H and O–H groups in total. The summed E-state index contributed by atoms with van der Waals surface area (Å²) in [6.07, 6.45) is 0.601. The van der Waals surface area contributed by atoms with Crippen molar-refractivity contribution in [2.24, 2.45) is 0 Å². The highest BCUT2D eigenvalue weighted by atomic mass is 16.5. The molecule has 4 rings (SSSR count). The molecule has 0 bridgehead atoms. The Balaban J connectivity index is 1.38. The first-order valence-electron chi connectivity index (χ1n) is 12.9. The van der Waals surface area contributed by atoms with E-state index in [0.717, 1.165) is 16.7 Å². The van der Waals surface area contributed by atoms with E-state index < -0.39 is 0 Å². The fraction of sp³-hybridized carbons (Fsp3) is 0.219. The van der Waals surface area contributed by atoms with Gasteiger partial charge in [0.1, 0.15) is 13.2 Å². The summed E-state index contributed by atoms with van der Waals surface area (Å²) in [7, 11) is 4.58. The second-order valence-electron chi connectivity index (χ2n) is 8.87. The van der Waals surface area contributed by atoms with E-state index in [-0.39, 0.29) is 6.03 Å². The van der Waals surface area contributed by atoms with Gasteiger partial charge < -0.3 is 34.3 Å². The van der Waals surface area contributed by atoms with Crippen molar-refractivity contribution in [3.8, 4) is 28.7 Å². The first kappa shape index (κ1) is 28.2. The summed E-state index contributed by atoms with van der Waals surface area (Å²) in [6.45, 7) is 1.27. The molecular formula is C32H34N2O6. The Morgan fingerprint density at radius 3 is 1.75 bits per heavy atom. The molecular weight excluding hydrogens is 508 g/mol. The van der Waals surface area contributed by atoms with Crippen LogP contribution in [0.15, 0.2) is 91.0 Å². The summed E-state index contributed by atoms with van der Waals surface area (Å²) in [5.41, 5.74) is 3.65. The number of benzene rings is 4. The lowest BCUT2D eigenvalue weighted by Gasteiger charge is -2.16. The number of carbonyl (C=O) groups is 1. The van der Waals surface area contributed by atoms with Gasteiger partial charge in [-0.2, -0.15) is 0 Å². The van der Waals surface area contributed by atoms with Gasteiger partial charge in [0.05, 0.1) is 27.0 Å². The Labute approximate surface area is 234 Å². The van der Waals surface area contributed by atoms with Gasteiger partial charge in [0.15, 0.2) is 23.0 Å². The average molecular weight is 543 g/mol. The molecule has 0 aliphatic rings. The second-order valence-corrected chi connectivity index (χ2v) is 8.87. The van der Waals surface area contributed by atoms with E-state index in [2.05, 4.69) is 10.6 Å². The van der Waals surface area contributed by atoms with Crippen molar-refractivity contribution >= 4 is 11.7 Å². The molecule has 8 heteroatoms. The minimum atomic E-state index is -0.349. The van der Waals surface area contributed by atoms with Crippen molar-refractivity contribution in [3.63, 3.8) is 0 Å². The molecule has 40 heavy (non-hydrogen) atoms. The molecule has 0 fully saturated rings. The molecule has 0 heterocycles. The maximum Gasteiger partial charge on any atom is 0.319 e. The molecule has 2 amide bonds. The van der Waals surface area contributed by atoms with Crippen LogP contribution in [-0.2, 0) is 19.6 Å². The van der Waals surface area contributed by atoms with Crippen LogP contribution in [0.2, 0.25) is 0 Å². The Hall–Kier alpha value is -4.85. The first-order chi connectivity index (χ1) is 19.6. The van der Waals surface area contributed by atoms with Crippen molar-refractivity contribution in [3.05, 3.63) is 108 Å². The molecule has 0 aliphatic carbocycles. The van der Waals surface area contributed by atoms with Crippen LogP contribution >= 0.6 is 0 Å². The van der Waals surface area contributed by atoms with Gasteiger partial charge in [0.25, 0.3) is 0 Å². The molecule has 0 aromatic heterocycles. The summed E-state index contributed by atoms with van der Waals surface area (Å²) >= 11 is 0. The van der Waals surface area contributed by atoms with Crippen LogP contribution in [0.4, 0.5) is 10.5 Å². The third kappa shape index (κ3) is 7.83. The van der Waals surface area contributed by atoms with Crippen molar-refractivity contribution in [2.75, 3.05) is 33.2 Å². The van der Waals surface area contributed by atoms with Gasteiger partial charge in [-0.05, 0) is 35.2 Å². The van der Waals surface area contributed by atoms with Crippen LogP contribution in [0.25, 0.3) is 0 Å². The Bertz CT molecular complexity index is 1350. The van der Waals surface area contributed by atoms with Gasteiger partial charge in [0, 0.05) is 18.7 Å². The Morgan fingerprint density at radius 2 is 1.20 bits per heavy atom. The van der Waals surface area contributed by atoms with Gasteiger partial charge in [-0.3, -0.25) is 0 Å². The highest BCUT2D eigenvalue weighted by molar-refractivity contribution is 5.90. The van der Waals surface area contributed by atoms with Crippen LogP contribution in [-0.4, -0.2) is 33.9 Å². The summed E-state index contributed by atoms with van der Waals surface area (Å²) < 4.78 is 28.3. The van der Waals surface area contributed by atoms with E-state index in [0.29, 0.717) is 60.6 Å². The molecule has 8 nitrogen and oxygen atoms in total. The number of methoxy groups -OCH3 is 3. The monoisotopic (exact) mass is 542 g/mol. The van der Waals surface area contributed by atoms with Gasteiger partial charge in [-0.1, -0.05) is 66.7 Å². The number of ether oxygens (including phenoxy) is 5. The lowest BCUT2D eigenvalue weighted by Crippen LogP contribution is -2.30. The minimum absolute atomic E-state index is 0.349. The predicted octanol–water partition coefficient (Wildman–Crippen LogP) is 6.23. The van der Waals surface area contributed by atoms with Gasteiger partial charge in [-0.25, -0.2) is 4.79 Å². The van der Waals surface area contributed by atoms with E-state index in [1.165, 1.54) is 21.3 Å². The van der Waals surface area contributed by atoms with Gasteiger partial charge in [0.2, 0.25) is 5.75 Å². The van der Waals surface area contributed by atoms with E-state index in [1.54, 1.807) is 12.1 Å². The molecule has 4 aromatic carbocycles.